The summed E-state index contributed by atoms with van der Waals surface area (Å²) in [7, 11) is 0. The van der Waals surface area contributed by atoms with Gasteiger partial charge in [0.25, 0.3) is 11.8 Å². The first-order chi connectivity index (χ1) is 18.4. The van der Waals surface area contributed by atoms with E-state index in [2.05, 4.69) is 15.5 Å². The number of carbonyl (C=O) groups excluding carboxylic acids is 4. The number of carbonyl (C=O) groups is 4. The van der Waals surface area contributed by atoms with Crippen molar-refractivity contribution in [2.45, 2.75) is 37.8 Å². The predicted molar refractivity (Wildman–Crippen MR) is 134 cm³/mol. The number of benzene rings is 1. The number of ether oxygens (including phenoxy) is 2. The highest BCUT2D eigenvalue weighted by Gasteiger charge is 2.45. The highest BCUT2D eigenvalue weighted by atomic mass is 19.1. The van der Waals surface area contributed by atoms with Gasteiger partial charge in [0.15, 0.2) is 0 Å². The summed E-state index contributed by atoms with van der Waals surface area (Å²) in [4.78, 5) is 54.7. The van der Waals surface area contributed by atoms with Gasteiger partial charge in [-0.15, -0.1) is 0 Å². The average Bonchev–Trinajstić information content (AvgIpc) is 3.15. The molecule has 4 aliphatic rings. The lowest BCUT2D eigenvalue weighted by Crippen LogP contribution is -2.54. The Hall–Kier alpha value is -2.93. The fourth-order valence-electron chi connectivity index (χ4n) is 5.47. The molecule has 12 heteroatoms. The predicted octanol–water partition coefficient (Wildman–Crippen LogP) is 0.134. The number of halogens is 1. The van der Waals surface area contributed by atoms with Crippen LogP contribution < -0.4 is 15.5 Å². The first-order valence-electron chi connectivity index (χ1n) is 13.3. The molecule has 1 unspecified atom stereocenters. The summed E-state index contributed by atoms with van der Waals surface area (Å²) in [6.45, 7) is 7.06. The van der Waals surface area contributed by atoms with Crippen molar-refractivity contribution in [3.8, 4) is 0 Å². The number of imide groups is 2. The summed E-state index contributed by atoms with van der Waals surface area (Å²) in [5.74, 6) is -3.06. The van der Waals surface area contributed by atoms with Gasteiger partial charge in [-0.3, -0.25) is 34.3 Å². The van der Waals surface area contributed by atoms with Gasteiger partial charge in [0.05, 0.1) is 42.7 Å². The standard InChI is InChI=1S/C26H34FN5O6/c27-20-15-18-19(26(36)32(25(18)35)21-1-2-23(33)29-24(21)34)16-22(20)31-9-7-30(8-10-31)11-12-37-13-14-38-17-3-5-28-6-4-17/h15-17,21,28H,1-14H2,(H,29,33,34). The first-order valence-corrected chi connectivity index (χ1v) is 13.3. The zero-order chi connectivity index (χ0) is 26.6. The number of hydrogen-bond acceptors (Lipinski definition) is 9. The van der Waals surface area contributed by atoms with Crippen LogP contribution in [0.4, 0.5) is 10.1 Å². The Morgan fingerprint density at radius 2 is 1.61 bits per heavy atom. The number of nitrogens with one attached hydrogen (secondary N) is 2. The van der Waals surface area contributed by atoms with Crippen LogP contribution in [0.2, 0.25) is 0 Å². The quantitative estimate of drug-likeness (QED) is 0.339. The van der Waals surface area contributed by atoms with Crippen molar-refractivity contribution in [2.75, 3.05) is 70.5 Å². The van der Waals surface area contributed by atoms with Gasteiger partial charge in [0.1, 0.15) is 11.9 Å². The van der Waals surface area contributed by atoms with E-state index in [1.165, 1.54) is 6.07 Å². The first kappa shape index (κ1) is 26.7. The summed E-state index contributed by atoms with van der Waals surface area (Å²) in [5, 5.41) is 5.48. The van der Waals surface area contributed by atoms with E-state index in [4.69, 9.17) is 9.47 Å². The van der Waals surface area contributed by atoms with Gasteiger partial charge in [-0.25, -0.2) is 4.39 Å². The maximum Gasteiger partial charge on any atom is 0.262 e. The van der Waals surface area contributed by atoms with Gasteiger partial charge in [0, 0.05) is 39.1 Å². The maximum absolute atomic E-state index is 15.1. The van der Waals surface area contributed by atoms with E-state index < -0.39 is 35.5 Å². The van der Waals surface area contributed by atoms with E-state index in [9.17, 15) is 19.2 Å². The summed E-state index contributed by atoms with van der Waals surface area (Å²) >= 11 is 0. The number of piperazine rings is 1. The Kier molecular flexibility index (Phi) is 8.32. The number of rotatable bonds is 9. The van der Waals surface area contributed by atoms with E-state index in [1.807, 2.05) is 4.90 Å². The van der Waals surface area contributed by atoms with Gasteiger partial charge in [-0.05, 0) is 44.5 Å². The lowest BCUT2D eigenvalue weighted by Gasteiger charge is -2.36. The van der Waals surface area contributed by atoms with Gasteiger partial charge < -0.3 is 19.7 Å². The number of piperidine rings is 2. The second-order valence-electron chi connectivity index (χ2n) is 10.1. The van der Waals surface area contributed by atoms with Crippen LogP contribution in [-0.4, -0.2) is 111 Å². The van der Waals surface area contributed by atoms with E-state index >= 15 is 4.39 Å². The molecule has 3 fully saturated rings. The molecule has 2 N–H and O–H groups in total. The topological polar surface area (TPSA) is 121 Å². The fraction of sp³-hybridized carbons (Fsp3) is 0.615. The molecular weight excluding hydrogens is 497 g/mol. The Morgan fingerprint density at radius 3 is 2.32 bits per heavy atom. The van der Waals surface area contributed by atoms with Gasteiger partial charge in [-0.2, -0.15) is 0 Å². The molecule has 0 saturated carbocycles. The molecule has 1 aromatic rings. The molecule has 3 saturated heterocycles. The maximum atomic E-state index is 15.1. The van der Waals surface area contributed by atoms with Crippen molar-refractivity contribution in [1.82, 2.24) is 20.4 Å². The molecule has 5 rings (SSSR count). The molecule has 0 spiro atoms. The van der Waals surface area contributed by atoms with Gasteiger partial charge in [0.2, 0.25) is 11.8 Å². The molecule has 38 heavy (non-hydrogen) atoms. The minimum Gasteiger partial charge on any atom is -0.378 e. The van der Waals surface area contributed by atoms with Crippen LogP contribution in [0.15, 0.2) is 12.1 Å². The van der Waals surface area contributed by atoms with Crippen molar-refractivity contribution >= 4 is 29.3 Å². The summed E-state index contributed by atoms with van der Waals surface area (Å²) in [6, 6.07) is 1.43. The van der Waals surface area contributed by atoms with E-state index in [0.717, 1.165) is 43.4 Å². The van der Waals surface area contributed by atoms with E-state index in [-0.39, 0.29) is 29.7 Å². The van der Waals surface area contributed by atoms with E-state index in [0.29, 0.717) is 52.1 Å². The van der Waals surface area contributed by atoms with Gasteiger partial charge in [-0.1, -0.05) is 0 Å². The number of fused-ring (bicyclic) bond motifs is 1. The van der Waals surface area contributed by atoms with Crippen LogP contribution in [-0.2, 0) is 19.1 Å². The molecule has 0 radical (unpaired) electrons. The van der Waals surface area contributed by atoms with Gasteiger partial charge >= 0.3 is 0 Å². The van der Waals surface area contributed by atoms with Crippen LogP contribution in [0, 0.1) is 5.82 Å². The second-order valence-corrected chi connectivity index (χ2v) is 10.1. The normalized spacial score (nSPS) is 23.2. The Bertz CT molecular complexity index is 1090. The zero-order valence-electron chi connectivity index (χ0n) is 21.4. The van der Waals surface area contributed by atoms with Crippen LogP contribution in [0.5, 0.6) is 0 Å². The zero-order valence-corrected chi connectivity index (χ0v) is 21.4. The van der Waals surface area contributed by atoms with Crippen molar-refractivity contribution in [2.24, 2.45) is 0 Å². The largest absolute Gasteiger partial charge is 0.378 e. The molecule has 0 bridgehead atoms. The van der Waals surface area contributed by atoms with Crippen molar-refractivity contribution in [3.05, 3.63) is 29.1 Å². The molecule has 4 amide bonds. The summed E-state index contributed by atoms with van der Waals surface area (Å²) in [5.41, 5.74) is 0.292. The third kappa shape index (κ3) is 5.73. The van der Waals surface area contributed by atoms with Crippen LogP contribution >= 0.6 is 0 Å². The molecular formula is C26H34FN5O6. The fourth-order valence-corrected chi connectivity index (χ4v) is 5.47. The highest BCUT2D eigenvalue weighted by molar-refractivity contribution is 6.23. The van der Waals surface area contributed by atoms with Crippen molar-refractivity contribution in [1.29, 1.82) is 0 Å². The monoisotopic (exact) mass is 531 g/mol. The third-order valence-electron chi connectivity index (χ3n) is 7.64. The van der Waals surface area contributed by atoms with Crippen molar-refractivity contribution in [3.63, 3.8) is 0 Å². The average molecular weight is 532 g/mol. The van der Waals surface area contributed by atoms with Crippen molar-refractivity contribution < 1.29 is 33.0 Å². The summed E-state index contributed by atoms with van der Waals surface area (Å²) in [6.07, 6.45) is 2.49. The molecule has 206 valence electrons. The third-order valence-corrected chi connectivity index (χ3v) is 7.64. The molecule has 11 nitrogen and oxygen atoms in total. The molecule has 1 atom stereocenters. The minimum absolute atomic E-state index is 0.0326. The number of amides is 4. The molecule has 0 aromatic heterocycles. The minimum atomic E-state index is -1.08. The molecule has 1 aromatic carbocycles. The lowest BCUT2D eigenvalue weighted by molar-refractivity contribution is -0.136. The number of nitrogens with zero attached hydrogens (tertiary/aromatic N) is 3. The van der Waals surface area contributed by atoms with Crippen LogP contribution in [0.1, 0.15) is 46.4 Å². The smallest absolute Gasteiger partial charge is 0.262 e. The Balaban J connectivity index is 1.10. The van der Waals surface area contributed by atoms with E-state index in [1.54, 1.807) is 0 Å². The summed E-state index contributed by atoms with van der Waals surface area (Å²) < 4.78 is 26.7. The Labute approximate surface area is 220 Å². The SMILES string of the molecule is O=C1CCC(N2C(=O)c3cc(F)c(N4CCN(CCOCCOC5CCNCC5)CC4)cc3C2=O)C(=O)N1. The van der Waals surface area contributed by atoms with Crippen LogP contribution in [0.3, 0.4) is 0 Å². The Morgan fingerprint density at radius 1 is 0.895 bits per heavy atom. The van der Waals surface area contributed by atoms with Crippen LogP contribution in [0.25, 0.3) is 0 Å². The number of anilines is 1. The molecule has 4 aliphatic heterocycles. The highest BCUT2D eigenvalue weighted by Crippen LogP contribution is 2.33. The molecule has 4 heterocycles. The second kappa shape index (κ2) is 11.9. The number of hydrogen-bond donors (Lipinski definition) is 2. The molecule has 0 aliphatic carbocycles. The lowest BCUT2D eigenvalue weighted by atomic mass is 10.0.